The van der Waals surface area contributed by atoms with Gasteiger partial charge in [0.15, 0.2) is 0 Å². The normalized spacial score (nSPS) is 11.3. The molecule has 0 spiro atoms. The Kier molecular flexibility index (Phi) is 12.0. The van der Waals surface area contributed by atoms with Crippen molar-refractivity contribution in [3.8, 4) is 0 Å². The Morgan fingerprint density at radius 1 is 1.11 bits per heavy atom. The van der Waals surface area contributed by atoms with Gasteiger partial charge in [-0.25, -0.2) is 0 Å². The number of nitrogens with zero attached hydrogens (tertiary/aromatic N) is 1. The smallest absolute Gasteiger partial charge is 0.243 e. The Morgan fingerprint density at radius 3 is 2.50 bits per heavy atom. The molecule has 0 aliphatic rings. The monoisotopic (exact) mass is 254 g/mol. The minimum absolute atomic E-state index is 0.0438. The van der Waals surface area contributed by atoms with Gasteiger partial charge >= 0.3 is 0 Å². The third-order valence-electron chi connectivity index (χ3n) is 2.82. The molecule has 1 amide bonds. The predicted octanol–water partition coefficient (Wildman–Crippen LogP) is 2.97. The van der Waals surface area contributed by atoms with Crippen LogP contribution in [0.15, 0.2) is 12.2 Å². The average molecular weight is 254 g/mol. The highest BCUT2D eigenvalue weighted by atomic mass is 16.1. The molecule has 0 heterocycles. The SMILES string of the molecule is CCCCCCC/C=C/C(=O)NCCCN(C)C. The molecule has 0 unspecified atom stereocenters. The zero-order valence-corrected chi connectivity index (χ0v) is 12.4. The number of allylic oxidation sites excluding steroid dienone is 1. The second-order valence-electron chi connectivity index (χ2n) is 5.05. The van der Waals surface area contributed by atoms with Gasteiger partial charge in [-0.05, 0) is 46.0 Å². The Labute approximate surface area is 113 Å². The first-order chi connectivity index (χ1) is 8.66. The van der Waals surface area contributed by atoms with E-state index >= 15 is 0 Å². The molecule has 3 heteroatoms. The van der Waals surface area contributed by atoms with Crippen LogP contribution in [0.5, 0.6) is 0 Å². The van der Waals surface area contributed by atoms with Gasteiger partial charge < -0.3 is 10.2 Å². The fourth-order valence-corrected chi connectivity index (χ4v) is 1.72. The number of unbranched alkanes of at least 4 members (excludes halogenated alkanes) is 5. The molecule has 0 rings (SSSR count). The number of nitrogens with one attached hydrogen (secondary N) is 1. The third-order valence-corrected chi connectivity index (χ3v) is 2.82. The lowest BCUT2D eigenvalue weighted by Crippen LogP contribution is -2.25. The molecule has 0 saturated heterocycles. The van der Waals surface area contributed by atoms with Crippen LogP contribution in [-0.4, -0.2) is 38.0 Å². The van der Waals surface area contributed by atoms with E-state index < -0.39 is 0 Å². The van der Waals surface area contributed by atoms with Gasteiger partial charge in [0.25, 0.3) is 0 Å². The Hall–Kier alpha value is -0.830. The summed E-state index contributed by atoms with van der Waals surface area (Å²) in [6.45, 7) is 4.00. The van der Waals surface area contributed by atoms with Crippen molar-refractivity contribution in [2.45, 2.75) is 51.9 Å². The molecule has 1 N–H and O–H groups in total. The van der Waals surface area contributed by atoms with Gasteiger partial charge in [0, 0.05) is 6.54 Å². The van der Waals surface area contributed by atoms with Crippen LogP contribution in [0, 0.1) is 0 Å². The summed E-state index contributed by atoms with van der Waals surface area (Å²) >= 11 is 0. The zero-order chi connectivity index (χ0) is 13.6. The minimum atomic E-state index is 0.0438. The zero-order valence-electron chi connectivity index (χ0n) is 12.4. The summed E-state index contributed by atoms with van der Waals surface area (Å²) in [5, 5.41) is 2.90. The lowest BCUT2D eigenvalue weighted by atomic mass is 10.1. The first-order valence-electron chi connectivity index (χ1n) is 7.26. The van der Waals surface area contributed by atoms with E-state index in [1.54, 1.807) is 6.08 Å². The lowest BCUT2D eigenvalue weighted by molar-refractivity contribution is -0.116. The maximum absolute atomic E-state index is 11.4. The van der Waals surface area contributed by atoms with Gasteiger partial charge in [0.2, 0.25) is 5.91 Å². The van der Waals surface area contributed by atoms with Crippen LogP contribution in [-0.2, 0) is 4.79 Å². The van der Waals surface area contributed by atoms with Crippen molar-refractivity contribution in [2.75, 3.05) is 27.2 Å². The van der Waals surface area contributed by atoms with Crippen molar-refractivity contribution in [3.05, 3.63) is 12.2 Å². The number of carbonyl (C=O) groups is 1. The number of rotatable bonds is 11. The minimum Gasteiger partial charge on any atom is -0.353 e. The van der Waals surface area contributed by atoms with E-state index in [9.17, 15) is 4.79 Å². The molecule has 0 fully saturated rings. The maximum atomic E-state index is 11.4. The van der Waals surface area contributed by atoms with Gasteiger partial charge in [0.1, 0.15) is 0 Å². The van der Waals surface area contributed by atoms with E-state index in [0.717, 1.165) is 25.9 Å². The quantitative estimate of drug-likeness (QED) is 0.454. The molecular formula is C15H30N2O. The summed E-state index contributed by atoms with van der Waals surface area (Å²) in [6.07, 6.45) is 12.1. The lowest BCUT2D eigenvalue weighted by Gasteiger charge is -2.08. The van der Waals surface area contributed by atoms with E-state index in [2.05, 4.69) is 17.1 Å². The Morgan fingerprint density at radius 2 is 1.83 bits per heavy atom. The summed E-state index contributed by atoms with van der Waals surface area (Å²) in [4.78, 5) is 13.5. The van der Waals surface area contributed by atoms with Gasteiger partial charge in [-0.2, -0.15) is 0 Å². The standard InChI is InChI=1S/C15H30N2O/c1-4-5-6-7-8-9-10-12-15(18)16-13-11-14-17(2)3/h10,12H,4-9,11,13-14H2,1-3H3,(H,16,18)/b12-10+. The maximum Gasteiger partial charge on any atom is 0.243 e. The second-order valence-corrected chi connectivity index (χ2v) is 5.05. The third kappa shape index (κ3) is 13.2. The van der Waals surface area contributed by atoms with Gasteiger partial charge in [-0.3, -0.25) is 4.79 Å². The summed E-state index contributed by atoms with van der Waals surface area (Å²) in [5.41, 5.74) is 0. The predicted molar refractivity (Wildman–Crippen MR) is 78.7 cm³/mol. The fraction of sp³-hybridized carbons (Fsp3) is 0.800. The van der Waals surface area contributed by atoms with E-state index in [0.29, 0.717) is 0 Å². The highest BCUT2D eigenvalue weighted by molar-refractivity contribution is 5.87. The van der Waals surface area contributed by atoms with Crippen molar-refractivity contribution in [1.29, 1.82) is 0 Å². The summed E-state index contributed by atoms with van der Waals surface area (Å²) in [5.74, 6) is 0.0438. The summed E-state index contributed by atoms with van der Waals surface area (Å²) in [6, 6.07) is 0. The van der Waals surface area contributed by atoms with Crippen molar-refractivity contribution in [1.82, 2.24) is 10.2 Å². The van der Waals surface area contributed by atoms with E-state index in [1.807, 2.05) is 20.2 Å². The highest BCUT2D eigenvalue weighted by Crippen LogP contribution is 2.05. The molecule has 106 valence electrons. The molecule has 0 radical (unpaired) electrons. The number of hydrogen-bond acceptors (Lipinski definition) is 2. The van der Waals surface area contributed by atoms with E-state index in [4.69, 9.17) is 0 Å². The first-order valence-corrected chi connectivity index (χ1v) is 7.26. The summed E-state index contributed by atoms with van der Waals surface area (Å²) < 4.78 is 0. The van der Waals surface area contributed by atoms with Gasteiger partial charge in [-0.1, -0.05) is 38.7 Å². The Balaban J connectivity index is 3.34. The van der Waals surface area contributed by atoms with E-state index in [1.165, 1.54) is 32.1 Å². The molecule has 18 heavy (non-hydrogen) atoms. The molecule has 0 bridgehead atoms. The second kappa shape index (κ2) is 12.6. The Bertz CT molecular complexity index is 225. The topological polar surface area (TPSA) is 32.3 Å². The number of hydrogen-bond donors (Lipinski definition) is 1. The van der Waals surface area contributed by atoms with Gasteiger partial charge in [-0.15, -0.1) is 0 Å². The molecule has 0 aromatic heterocycles. The largest absolute Gasteiger partial charge is 0.353 e. The van der Waals surface area contributed by atoms with Crippen LogP contribution < -0.4 is 5.32 Å². The van der Waals surface area contributed by atoms with Gasteiger partial charge in [0.05, 0.1) is 0 Å². The van der Waals surface area contributed by atoms with Crippen LogP contribution in [0.4, 0.5) is 0 Å². The highest BCUT2D eigenvalue weighted by Gasteiger charge is 1.95. The molecular weight excluding hydrogens is 224 g/mol. The molecule has 0 saturated carbocycles. The van der Waals surface area contributed by atoms with Crippen molar-refractivity contribution in [3.63, 3.8) is 0 Å². The molecule has 3 nitrogen and oxygen atoms in total. The number of carbonyl (C=O) groups excluding carboxylic acids is 1. The van der Waals surface area contributed by atoms with Crippen LogP contribution in [0.3, 0.4) is 0 Å². The molecule has 0 atom stereocenters. The molecule has 0 aromatic rings. The van der Waals surface area contributed by atoms with Crippen LogP contribution >= 0.6 is 0 Å². The van der Waals surface area contributed by atoms with Crippen molar-refractivity contribution >= 4 is 5.91 Å². The fourth-order valence-electron chi connectivity index (χ4n) is 1.72. The molecule has 0 aliphatic carbocycles. The average Bonchev–Trinajstić information content (AvgIpc) is 2.33. The first kappa shape index (κ1) is 17.2. The summed E-state index contributed by atoms with van der Waals surface area (Å²) in [7, 11) is 4.08. The molecule has 0 aliphatic heterocycles. The van der Waals surface area contributed by atoms with Crippen LogP contribution in [0.25, 0.3) is 0 Å². The van der Waals surface area contributed by atoms with E-state index in [-0.39, 0.29) is 5.91 Å². The van der Waals surface area contributed by atoms with Crippen molar-refractivity contribution in [2.24, 2.45) is 0 Å². The van der Waals surface area contributed by atoms with Crippen molar-refractivity contribution < 1.29 is 4.79 Å². The van der Waals surface area contributed by atoms with Crippen LogP contribution in [0.2, 0.25) is 0 Å². The van der Waals surface area contributed by atoms with Crippen LogP contribution in [0.1, 0.15) is 51.9 Å². The number of amides is 1. The molecule has 0 aromatic carbocycles.